The maximum Gasteiger partial charge on any atom is 0.140 e. The van der Waals surface area contributed by atoms with Gasteiger partial charge in [-0.1, -0.05) is 98.7 Å². The standard InChI is InChI=1S/C21H29OPS/c1-3-5-17-23(22,18-6-4-2)24-21(19-13-9-7-10-14-19)20-15-11-8-12-16-20/h7-16,21H,3-6,17-18H2,1-2H3. The third-order valence-electron chi connectivity index (χ3n) is 4.21. The van der Waals surface area contributed by atoms with Crippen LogP contribution in [-0.4, -0.2) is 12.3 Å². The summed E-state index contributed by atoms with van der Waals surface area (Å²) in [5, 5.41) is 0.159. The molecule has 0 saturated heterocycles. The summed E-state index contributed by atoms with van der Waals surface area (Å²) in [4.78, 5) is 0. The molecule has 0 saturated carbocycles. The van der Waals surface area contributed by atoms with E-state index in [1.165, 1.54) is 11.1 Å². The molecule has 3 heteroatoms. The number of rotatable bonds is 10. The molecule has 2 rings (SSSR count). The van der Waals surface area contributed by atoms with Crippen molar-refractivity contribution in [2.24, 2.45) is 0 Å². The molecule has 0 unspecified atom stereocenters. The summed E-state index contributed by atoms with van der Waals surface area (Å²) >= 11 is 1.73. The van der Waals surface area contributed by atoms with E-state index < -0.39 is 6.34 Å². The van der Waals surface area contributed by atoms with Crippen molar-refractivity contribution in [3.05, 3.63) is 71.8 Å². The normalized spacial score (nSPS) is 11.8. The highest BCUT2D eigenvalue weighted by Gasteiger charge is 2.28. The average molecular weight is 361 g/mol. The largest absolute Gasteiger partial charge is 0.312 e. The number of unbranched alkanes of at least 4 members (excludes halogenated alkanes) is 2. The van der Waals surface area contributed by atoms with Crippen molar-refractivity contribution in [2.45, 2.75) is 44.8 Å². The topological polar surface area (TPSA) is 17.1 Å². The van der Waals surface area contributed by atoms with Crippen LogP contribution in [0.4, 0.5) is 0 Å². The highest BCUT2D eigenvalue weighted by atomic mass is 32.7. The maximum absolute atomic E-state index is 13.7. The molecule has 130 valence electrons. The van der Waals surface area contributed by atoms with Crippen LogP contribution in [0.5, 0.6) is 0 Å². The van der Waals surface area contributed by atoms with E-state index >= 15 is 0 Å². The Hall–Kier alpha value is -0.980. The van der Waals surface area contributed by atoms with Gasteiger partial charge in [0.2, 0.25) is 0 Å². The van der Waals surface area contributed by atoms with E-state index in [9.17, 15) is 4.57 Å². The summed E-state index contributed by atoms with van der Waals surface area (Å²) in [6.45, 7) is 4.36. The molecule has 24 heavy (non-hydrogen) atoms. The lowest BCUT2D eigenvalue weighted by Crippen LogP contribution is -2.00. The van der Waals surface area contributed by atoms with Crippen molar-refractivity contribution in [3.8, 4) is 0 Å². The Morgan fingerprint density at radius 3 is 1.58 bits per heavy atom. The lowest BCUT2D eigenvalue weighted by molar-refractivity contribution is 0.580. The van der Waals surface area contributed by atoms with Gasteiger partial charge in [-0.3, -0.25) is 0 Å². The van der Waals surface area contributed by atoms with E-state index in [4.69, 9.17) is 0 Å². The predicted molar refractivity (Wildman–Crippen MR) is 109 cm³/mol. The second-order valence-corrected chi connectivity index (χ2v) is 12.1. The molecule has 0 fully saturated rings. The van der Waals surface area contributed by atoms with Gasteiger partial charge in [0.1, 0.15) is 6.34 Å². The van der Waals surface area contributed by atoms with Crippen molar-refractivity contribution in [3.63, 3.8) is 0 Å². The van der Waals surface area contributed by atoms with E-state index in [-0.39, 0.29) is 5.25 Å². The van der Waals surface area contributed by atoms with Crippen LogP contribution in [0.1, 0.15) is 55.9 Å². The first-order chi connectivity index (χ1) is 11.7. The van der Waals surface area contributed by atoms with Crippen LogP contribution in [0.2, 0.25) is 0 Å². The van der Waals surface area contributed by atoms with Crippen LogP contribution in [0.3, 0.4) is 0 Å². The monoisotopic (exact) mass is 360 g/mol. The molecule has 2 aromatic carbocycles. The Kier molecular flexibility index (Phi) is 8.15. The Balaban J connectivity index is 2.30. The molecule has 0 spiro atoms. The van der Waals surface area contributed by atoms with Gasteiger partial charge in [0, 0.05) is 12.3 Å². The van der Waals surface area contributed by atoms with Crippen molar-refractivity contribution in [1.82, 2.24) is 0 Å². The van der Waals surface area contributed by atoms with Crippen LogP contribution < -0.4 is 0 Å². The molecule has 1 nitrogen and oxygen atoms in total. The third-order valence-corrected chi connectivity index (χ3v) is 10.2. The van der Waals surface area contributed by atoms with Crippen molar-refractivity contribution < 1.29 is 4.57 Å². The molecule has 0 heterocycles. The van der Waals surface area contributed by atoms with E-state index in [1.54, 1.807) is 11.4 Å². The van der Waals surface area contributed by atoms with Crippen molar-refractivity contribution >= 4 is 17.7 Å². The molecule has 0 atom stereocenters. The van der Waals surface area contributed by atoms with Crippen molar-refractivity contribution in [1.29, 1.82) is 0 Å². The van der Waals surface area contributed by atoms with E-state index in [1.807, 2.05) is 12.1 Å². The molecule has 0 aliphatic heterocycles. The van der Waals surface area contributed by atoms with Gasteiger partial charge >= 0.3 is 0 Å². The molecule has 0 aromatic heterocycles. The summed E-state index contributed by atoms with van der Waals surface area (Å²) < 4.78 is 13.7. The van der Waals surface area contributed by atoms with E-state index in [0.29, 0.717) is 0 Å². The van der Waals surface area contributed by atoms with Gasteiger partial charge in [-0.2, -0.15) is 0 Å². The number of hydrogen-bond donors (Lipinski definition) is 0. The fourth-order valence-electron chi connectivity index (χ4n) is 2.78. The fraction of sp³-hybridized carbons (Fsp3) is 0.429. The van der Waals surface area contributed by atoms with Gasteiger partial charge in [-0.25, -0.2) is 0 Å². The predicted octanol–water partition coefficient (Wildman–Crippen LogP) is 7.39. The highest BCUT2D eigenvalue weighted by Crippen LogP contribution is 2.66. The zero-order chi connectivity index (χ0) is 17.3. The Bertz CT molecular complexity index is 575. The van der Waals surface area contributed by atoms with Crippen LogP contribution in [-0.2, 0) is 4.57 Å². The van der Waals surface area contributed by atoms with Crippen molar-refractivity contribution in [2.75, 3.05) is 12.3 Å². The minimum Gasteiger partial charge on any atom is -0.312 e. The maximum atomic E-state index is 13.7. The molecular weight excluding hydrogens is 331 g/mol. The van der Waals surface area contributed by atoms with Gasteiger partial charge in [0.15, 0.2) is 0 Å². The third kappa shape index (κ3) is 5.83. The van der Waals surface area contributed by atoms with Gasteiger partial charge in [0.05, 0.1) is 5.25 Å². The Morgan fingerprint density at radius 1 is 0.792 bits per heavy atom. The molecule has 0 N–H and O–H groups in total. The summed E-state index contributed by atoms with van der Waals surface area (Å²) in [5.74, 6) is 0. The molecule has 0 aliphatic rings. The number of hydrogen-bond acceptors (Lipinski definition) is 2. The van der Waals surface area contributed by atoms with Gasteiger partial charge in [-0.15, -0.1) is 0 Å². The lowest BCUT2D eigenvalue weighted by atomic mass is 10.0. The molecule has 0 amide bonds. The van der Waals surface area contributed by atoms with E-state index in [2.05, 4.69) is 62.4 Å². The van der Waals surface area contributed by atoms with Crippen LogP contribution in [0.25, 0.3) is 0 Å². The molecule has 0 bridgehead atoms. The fourth-order valence-corrected chi connectivity index (χ4v) is 9.04. The lowest BCUT2D eigenvalue weighted by Gasteiger charge is -2.25. The quantitative estimate of drug-likeness (QED) is 0.411. The Morgan fingerprint density at radius 2 is 1.21 bits per heavy atom. The summed E-state index contributed by atoms with van der Waals surface area (Å²) in [5.41, 5.74) is 2.50. The summed E-state index contributed by atoms with van der Waals surface area (Å²) in [6.07, 6.45) is 3.85. The second-order valence-electron chi connectivity index (χ2n) is 6.28. The first-order valence-corrected chi connectivity index (χ1v) is 12.6. The molecular formula is C21H29OPS. The van der Waals surface area contributed by atoms with Gasteiger partial charge < -0.3 is 4.57 Å². The smallest absolute Gasteiger partial charge is 0.140 e. The SMILES string of the molecule is CCCCP(=O)(CCCC)SC(c1ccccc1)c1ccccc1. The molecule has 0 radical (unpaired) electrons. The number of benzene rings is 2. The molecule has 0 aliphatic carbocycles. The summed E-state index contributed by atoms with van der Waals surface area (Å²) in [6, 6.07) is 21.0. The van der Waals surface area contributed by atoms with Crippen LogP contribution in [0, 0.1) is 0 Å². The zero-order valence-electron chi connectivity index (χ0n) is 14.9. The van der Waals surface area contributed by atoms with Gasteiger partial charge in [-0.05, 0) is 24.0 Å². The van der Waals surface area contributed by atoms with Crippen LogP contribution >= 0.6 is 17.7 Å². The minimum absolute atomic E-state index is 0.159. The van der Waals surface area contributed by atoms with E-state index in [0.717, 1.165) is 38.0 Å². The highest BCUT2D eigenvalue weighted by molar-refractivity contribution is 8.58. The van der Waals surface area contributed by atoms with Crippen LogP contribution in [0.15, 0.2) is 60.7 Å². The summed E-state index contributed by atoms with van der Waals surface area (Å²) in [7, 11) is 0. The first kappa shape index (κ1) is 19.3. The van der Waals surface area contributed by atoms with Gasteiger partial charge in [0.25, 0.3) is 0 Å². The Labute approximate surface area is 151 Å². The first-order valence-electron chi connectivity index (χ1n) is 9.05. The zero-order valence-corrected chi connectivity index (χ0v) is 16.6. The minimum atomic E-state index is -2.22. The second kappa shape index (κ2) is 10.1. The molecule has 2 aromatic rings. The average Bonchev–Trinajstić information content (AvgIpc) is 2.64.